The fraction of sp³-hybridized carbons (Fsp3) is 0.100. The number of nitrogens with zero attached hydrogens (tertiary/aromatic N) is 5. The zero-order valence-corrected chi connectivity index (χ0v) is 17.9. The minimum atomic E-state index is -0.133. The minimum absolute atomic E-state index is 0.133. The second kappa shape index (κ2) is 8.10. The van der Waals surface area contributed by atoms with Gasteiger partial charge < -0.3 is 9.88 Å². The van der Waals surface area contributed by atoms with Crippen LogP contribution in [0.2, 0.25) is 5.02 Å². The van der Waals surface area contributed by atoms with Crippen molar-refractivity contribution in [2.24, 2.45) is 0 Å². The second-order valence-corrected chi connectivity index (χ2v) is 8.70. The quantitative estimate of drug-likeness (QED) is 0.380. The van der Waals surface area contributed by atoms with Gasteiger partial charge in [0.25, 0.3) is 0 Å². The maximum Gasteiger partial charge on any atom is 0.237 e. The number of imidazole rings is 1. The monoisotopic (exact) mass is 454 g/mol. The molecule has 0 unspecified atom stereocenters. The second-order valence-electron chi connectivity index (χ2n) is 6.46. The van der Waals surface area contributed by atoms with E-state index < -0.39 is 0 Å². The molecule has 0 radical (unpaired) electrons. The van der Waals surface area contributed by atoms with Crippen LogP contribution < -0.4 is 5.32 Å². The van der Waals surface area contributed by atoms with E-state index in [4.69, 9.17) is 11.6 Å². The highest BCUT2D eigenvalue weighted by Gasteiger charge is 2.18. The number of halogens is 1. The molecule has 5 aromatic rings. The molecule has 10 heteroatoms. The number of anilines is 1. The minimum Gasteiger partial charge on any atom is -0.304 e. The van der Waals surface area contributed by atoms with Gasteiger partial charge in [0, 0.05) is 16.6 Å². The number of para-hydroxylation sites is 2. The third-order valence-corrected chi connectivity index (χ3v) is 6.55. The molecule has 2 aromatic carbocycles. The topological polar surface area (TPSA) is 77.1 Å². The van der Waals surface area contributed by atoms with Crippen molar-refractivity contribution in [1.29, 1.82) is 0 Å². The first-order valence-corrected chi connectivity index (χ1v) is 11.3. The predicted octanol–water partition coefficient (Wildman–Crippen LogP) is 4.57. The lowest BCUT2D eigenvalue weighted by atomic mass is 10.2. The summed E-state index contributed by atoms with van der Waals surface area (Å²) in [6, 6.07) is 15.8. The van der Waals surface area contributed by atoms with Crippen molar-refractivity contribution in [2.75, 3.05) is 11.1 Å². The van der Waals surface area contributed by atoms with E-state index in [2.05, 4.69) is 25.1 Å². The smallest absolute Gasteiger partial charge is 0.237 e. The average Bonchev–Trinajstić information content (AvgIpc) is 3.47. The number of aromatic nitrogens is 5. The number of hydrogen-bond acceptors (Lipinski definition) is 6. The van der Waals surface area contributed by atoms with Gasteiger partial charge in [0.15, 0.2) is 10.3 Å². The first-order valence-electron chi connectivity index (χ1n) is 9.08. The molecule has 0 aliphatic heterocycles. The fourth-order valence-corrected chi connectivity index (χ4v) is 4.73. The van der Waals surface area contributed by atoms with Crippen LogP contribution in [0.3, 0.4) is 0 Å². The van der Waals surface area contributed by atoms with Crippen LogP contribution in [-0.2, 0) is 11.3 Å². The molecule has 0 saturated carbocycles. The number of thiazole rings is 1. The van der Waals surface area contributed by atoms with Gasteiger partial charge in [-0.05, 0) is 23.8 Å². The molecule has 0 aliphatic rings. The van der Waals surface area contributed by atoms with Gasteiger partial charge in [0.1, 0.15) is 0 Å². The summed E-state index contributed by atoms with van der Waals surface area (Å²) in [6.45, 7) is 0.573. The Kier molecular flexibility index (Phi) is 5.16. The largest absolute Gasteiger partial charge is 0.304 e. The highest BCUT2D eigenvalue weighted by atomic mass is 35.5. The van der Waals surface area contributed by atoms with Gasteiger partial charge in [0.2, 0.25) is 11.7 Å². The Bertz CT molecular complexity index is 1340. The molecule has 1 amide bonds. The fourth-order valence-electron chi connectivity index (χ4n) is 3.25. The summed E-state index contributed by atoms with van der Waals surface area (Å²) in [5.41, 5.74) is 3.01. The Morgan fingerprint density at radius 3 is 2.70 bits per heavy atom. The van der Waals surface area contributed by atoms with E-state index in [1.54, 1.807) is 6.20 Å². The molecule has 150 valence electrons. The Morgan fingerprint density at radius 1 is 1.10 bits per heavy atom. The number of carbonyl (C=O) groups is 1. The SMILES string of the molecule is O=C(CSc1nnc2n(Cc3ccccc3Cl)c3ccccc3n12)Nc1nccs1. The first-order chi connectivity index (χ1) is 14.7. The van der Waals surface area contributed by atoms with Crippen molar-refractivity contribution in [1.82, 2.24) is 24.1 Å². The number of benzene rings is 2. The van der Waals surface area contributed by atoms with Crippen LogP contribution >= 0.6 is 34.7 Å². The Labute approximate surface area is 184 Å². The molecule has 0 bridgehead atoms. The van der Waals surface area contributed by atoms with E-state index in [0.29, 0.717) is 27.6 Å². The standard InChI is InChI=1S/C20H15ClN6OS2/c21-14-6-2-1-5-13(14)11-26-15-7-3-4-8-16(15)27-19(26)24-25-20(27)30-12-17(28)23-18-22-9-10-29-18/h1-10H,11-12H2,(H,22,23,28). The molecule has 0 atom stereocenters. The van der Waals surface area contributed by atoms with Crippen molar-refractivity contribution < 1.29 is 4.79 Å². The van der Waals surface area contributed by atoms with Gasteiger partial charge in [-0.3, -0.25) is 9.20 Å². The van der Waals surface area contributed by atoms with Crippen molar-refractivity contribution in [3.8, 4) is 0 Å². The molecule has 0 spiro atoms. The van der Waals surface area contributed by atoms with Crippen LogP contribution in [-0.4, -0.2) is 35.8 Å². The van der Waals surface area contributed by atoms with E-state index >= 15 is 0 Å². The Morgan fingerprint density at radius 2 is 1.90 bits per heavy atom. The average molecular weight is 455 g/mol. The molecule has 30 heavy (non-hydrogen) atoms. The molecular weight excluding hydrogens is 440 g/mol. The summed E-state index contributed by atoms with van der Waals surface area (Å²) in [6.07, 6.45) is 1.66. The number of amides is 1. The van der Waals surface area contributed by atoms with Crippen molar-refractivity contribution >= 4 is 62.5 Å². The van der Waals surface area contributed by atoms with E-state index in [9.17, 15) is 4.79 Å². The van der Waals surface area contributed by atoms with Crippen LogP contribution in [0, 0.1) is 0 Å². The highest BCUT2D eigenvalue weighted by Crippen LogP contribution is 2.28. The predicted molar refractivity (Wildman–Crippen MR) is 121 cm³/mol. The van der Waals surface area contributed by atoms with Gasteiger partial charge in [0.05, 0.1) is 23.3 Å². The first kappa shape index (κ1) is 19.1. The van der Waals surface area contributed by atoms with Crippen LogP contribution in [0.4, 0.5) is 5.13 Å². The molecule has 0 aliphatic carbocycles. The van der Waals surface area contributed by atoms with Gasteiger partial charge >= 0.3 is 0 Å². The summed E-state index contributed by atoms with van der Waals surface area (Å²) in [4.78, 5) is 16.3. The molecule has 3 heterocycles. The van der Waals surface area contributed by atoms with E-state index in [1.807, 2.05) is 58.3 Å². The maximum absolute atomic E-state index is 12.2. The van der Waals surface area contributed by atoms with Gasteiger partial charge in [-0.2, -0.15) is 0 Å². The van der Waals surface area contributed by atoms with E-state index in [-0.39, 0.29) is 11.7 Å². The van der Waals surface area contributed by atoms with Crippen LogP contribution in [0.25, 0.3) is 16.8 Å². The summed E-state index contributed by atoms with van der Waals surface area (Å²) in [5.74, 6) is 0.787. The molecular formula is C20H15ClN6OS2. The van der Waals surface area contributed by atoms with Gasteiger partial charge in [-0.25, -0.2) is 4.98 Å². The number of hydrogen-bond donors (Lipinski definition) is 1. The molecule has 0 saturated heterocycles. The molecule has 7 nitrogen and oxygen atoms in total. The van der Waals surface area contributed by atoms with Crippen LogP contribution in [0.1, 0.15) is 5.56 Å². The number of fused-ring (bicyclic) bond motifs is 3. The van der Waals surface area contributed by atoms with E-state index in [0.717, 1.165) is 16.6 Å². The van der Waals surface area contributed by atoms with Gasteiger partial charge in [-0.15, -0.1) is 21.5 Å². The van der Waals surface area contributed by atoms with Crippen molar-refractivity contribution in [3.05, 3.63) is 70.7 Å². The van der Waals surface area contributed by atoms with E-state index in [1.165, 1.54) is 23.1 Å². The lowest BCUT2D eigenvalue weighted by Crippen LogP contribution is -2.14. The number of nitrogens with one attached hydrogen (secondary N) is 1. The maximum atomic E-state index is 12.2. The Balaban J connectivity index is 1.48. The van der Waals surface area contributed by atoms with Crippen molar-refractivity contribution in [2.45, 2.75) is 11.7 Å². The van der Waals surface area contributed by atoms with Crippen LogP contribution in [0.15, 0.2) is 65.3 Å². The number of thioether (sulfide) groups is 1. The lowest BCUT2D eigenvalue weighted by Gasteiger charge is -2.06. The zero-order chi connectivity index (χ0) is 20.5. The summed E-state index contributed by atoms with van der Waals surface area (Å²) in [5, 5.41) is 15.3. The molecule has 3 aromatic heterocycles. The molecule has 0 fully saturated rings. The van der Waals surface area contributed by atoms with Crippen molar-refractivity contribution in [3.63, 3.8) is 0 Å². The Hall–Kier alpha value is -2.88. The summed E-state index contributed by atoms with van der Waals surface area (Å²) >= 11 is 9.11. The third-order valence-electron chi connectivity index (χ3n) is 4.57. The molecule has 5 rings (SSSR count). The highest BCUT2D eigenvalue weighted by molar-refractivity contribution is 7.99. The summed E-state index contributed by atoms with van der Waals surface area (Å²) < 4.78 is 4.07. The third kappa shape index (κ3) is 3.55. The van der Waals surface area contributed by atoms with Crippen LogP contribution in [0.5, 0.6) is 0 Å². The number of rotatable bonds is 6. The normalized spacial score (nSPS) is 11.4. The molecule has 1 N–H and O–H groups in total. The number of carbonyl (C=O) groups excluding carboxylic acids is 1. The zero-order valence-electron chi connectivity index (χ0n) is 15.5. The summed E-state index contributed by atoms with van der Waals surface area (Å²) in [7, 11) is 0. The lowest BCUT2D eigenvalue weighted by molar-refractivity contribution is -0.113. The van der Waals surface area contributed by atoms with Gasteiger partial charge in [-0.1, -0.05) is 53.7 Å².